The number of carboxylic acid groups (broad SMARTS) is 6. The second-order valence-electron chi connectivity index (χ2n) is 17.5. The van der Waals surface area contributed by atoms with E-state index in [2.05, 4.69) is 35.9 Å². The number of nitrogens with zero attached hydrogens (tertiary/aromatic N) is 8. The number of rotatable bonds is 25. The van der Waals surface area contributed by atoms with E-state index < -0.39 is 144 Å². The van der Waals surface area contributed by atoms with E-state index in [9.17, 15) is 94.1 Å². The first kappa shape index (κ1) is 60.0. The Morgan fingerprint density at radius 2 is 1.11 bits per heavy atom. The second-order valence-corrected chi connectivity index (χ2v) is 17.5. The molecule has 1 atom stereocenters. The summed E-state index contributed by atoms with van der Waals surface area (Å²) >= 11 is 0. The van der Waals surface area contributed by atoms with Gasteiger partial charge in [-0.3, -0.25) is 28.3 Å². The van der Waals surface area contributed by atoms with Crippen molar-refractivity contribution in [2.45, 2.75) is 84.8 Å². The van der Waals surface area contributed by atoms with Gasteiger partial charge in [-0.05, 0) is 93.6 Å². The van der Waals surface area contributed by atoms with Gasteiger partial charge in [-0.15, -0.1) is 20.5 Å². The number of carboxylic acids is 6. The van der Waals surface area contributed by atoms with Crippen molar-refractivity contribution in [1.29, 1.82) is 5.26 Å². The molecule has 0 fully saturated rings. The van der Waals surface area contributed by atoms with E-state index in [4.69, 9.17) is 6.57 Å². The van der Waals surface area contributed by atoms with Crippen molar-refractivity contribution in [3.8, 4) is 17.8 Å². The fourth-order valence-electron chi connectivity index (χ4n) is 8.09. The largest absolute Gasteiger partial charge is 0.503 e. The molecule has 0 spiro atoms. The molecular weight excluding hydrogens is 1050 g/mol. The first-order chi connectivity index (χ1) is 37.9. The van der Waals surface area contributed by atoms with E-state index in [1.807, 2.05) is 6.92 Å². The fraction of sp³-hybridized carbons (Fsp3) is 0.269. The van der Waals surface area contributed by atoms with Crippen LogP contribution < -0.4 is 21.8 Å². The van der Waals surface area contributed by atoms with Gasteiger partial charge in [0.25, 0.3) is 22.9 Å². The molecular formula is C52H48N10O18. The predicted octanol–water partition coefficient (Wildman–Crippen LogP) is 7.98. The zero-order valence-corrected chi connectivity index (χ0v) is 42.5. The first-order valence-electron chi connectivity index (χ1n) is 23.9. The average Bonchev–Trinajstić information content (AvgIpc) is 3.42. The zero-order chi connectivity index (χ0) is 59.3. The Hall–Kier alpha value is -10.9. The van der Waals surface area contributed by atoms with Crippen LogP contribution in [0.25, 0.3) is 4.85 Å². The number of hydrogen-bond donors (Lipinski definition) is 10. The molecule has 414 valence electrons. The molecule has 3 aromatic carbocycles. The average molecular weight is 1100 g/mol. The number of aromatic nitrogens is 2. The highest BCUT2D eigenvalue weighted by Crippen LogP contribution is 2.37. The fourth-order valence-corrected chi connectivity index (χ4v) is 8.09. The molecule has 28 heteroatoms. The van der Waals surface area contributed by atoms with Gasteiger partial charge in [0.15, 0.2) is 11.6 Å². The van der Waals surface area contributed by atoms with Crippen LogP contribution in [0.5, 0.6) is 11.8 Å². The molecule has 0 saturated heterocycles. The van der Waals surface area contributed by atoms with Crippen LogP contribution in [0.4, 0.5) is 28.4 Å². The highest BCUT2D eigenvalue weighted by atomic mass is 16.4. The van der Waals surface area contributed by atoms with E-state index in [1.54, 1.807) is 6.07 Å². The Morgan fingerprint density at radius 1 is 0.613 bits per heavy atom. The molecule has 0 radical (unpaired) electrons. The third kappa shape index (κ3) is 13.4. The maximum absolute atomic E-state index is 14.3. The van der Waals surface area contributed by atoms with Crippen LogP contribution in [0.1, 0.15) is 164 Å². The Labute approximate surface area is 450 Å². The Bertz CT molecular complexity index is 3680. The molecule has 0 bridgehead atoms. The summed E-state index contributed by atoms with van der Waals surface area (Å²) in [5.41, 5.74) is -10.2. The molecule has 5 aromatic rings. The lowest BCUT2D eigenvalue weighted by atomic mass is 9.96. The van der Waals surface area contributed by atoms with Gasteiger partial charge in [0, 0.05) is 18.7 Å². The number of azo groups is 2. The number of unbranched alkanes of at least 4 members (excludes halogenated alkanes) is 5. The second kappa shape index (κ2) is 26.2. The number of nitriles is 1. The molecule has 2 aromatic heterocycles. The number of hydrogen-bond acceptors (Lipinski definition) is 17. The normalized spacial score (nSPS) is 11.4. The van der Waals surface area contributed by atoms with Crippen molar-refractivity contribution in [2.75, 3.05) is 6.54 Å². The molecule has 1 unspecified atom stereocenters. The number of pyridine rings is 2. The van der Waals surface area contributed by atoms with Gasteiger partial charge in [-0.25, -0.2) is 33.6 Å². The highest BCUT2D eigenvalue weighted by Gasteiger charge is 2.30. The maximum atomic E-state index is 14.3. The van der Waals surface area contributed by atoms with E-state index in [-0.39, 0.29) is 61.0 Å². The summed E-state index contributed by atoms with van der Waals surface area (Å²) in [7, 11) is 0. The van der Waals surface area contributed by atoms with Crippen molar-refractivity contribution in [1.82, 2.24) is 19.8 Å². The van der Waals surface area contributed by atoms with Gasteiger partial charge in [0.2, 0.25) is 11.6 Å². The first-order valence-corrected chi connectivity index (χ1v) is 23.9. The third-order valence-electron chi connectivity index (χ3n) is 12.3. The quantitative estimate of drug-likeness (QED) is 0.0150. The van der Waals surface area contributed by atoms with Gasteiger partial charge in [0.1, 0.15) is 34.9 Å². The lowest BCUT2D eigenvalue weighted by Gasteiger charge is -2.25. The minimum atomic E-state index is -1.81. The summed E-state index contributed by atoms with van der Waals surface area (Å²) in [5.74, 6) is -13.5. The molecule has 2 heterocycles. The molecule has 0 aliphatic rings. The number of aromatic carboxylic acids is 6. The molecule has 2 amide bonds. The Morgan fingerprint density at radius 3 is 1.60 bits per heavy atom. The molecule has 0 aliphatic heterocycles. The minimum Gasteiger partial charge on any atom is -0.503 e. The van der Waals surface area contributed by atoms with Crippen LogP contribution >= 0.6 is 0 Å². The van der Waals surface area contributed by atoms with E-state index >= 15 is 0 Å². The SMILES string of the molecule is [C-]#[N+]c1c(C)c(N=Nc2cc(C(=O)O)ccc2C(=O)O)c(=O)n(C(CCCCC)NC(=O)c2cc(C(=O)NCCCCCCn3c(O)c(C#N)c(C)c(N=Nc4cc(C(=O)O)ccc4C(=O)O)c3=O)c(C(=O)O)cc2C(=O)O)c1O. The maximum Gasteiger partial charge on any atom is 0.337 e. The van der Waals surface area contributed by atoms with E-state index in [1.165, 1.54) is 13.8 Å². The van der Waals surface area contributed by atoms with E-state index in [0.717, 1.165) is 41.0 Å². The molecule has 80 heavy (non-hydrogen) atoms. The molecule has 5 rings (SSSR count). The molecule has 10 N–H and O–H groups in total. The summed E-state index contributed by atoms with van der Waals surface area (Å²) < 4.78 is 1.40. The number of aromatic hydroxyl groups is 2. The molecule has 0 saturated carbocycles. The molecule has 28 nitrogen and oxygen atoms in total. The Kier molecular flexibility index (Phi) is 19.7. The predicted molar refractivity (Wildman–Crippen MR) is 276 cm³/mol. The van der Waals surface area contributed by atoms with E-state index in [0.29, 0.717) is 42.4 Å². The van der Waals surface area contributed by atoms with Gasteiger partial charge >= 0.3 is 35.8 Å². The monoisotopic (exact) mass is 1100 g/mol. The highest BCUT2D eigenvalue weighted by molar-refractivity contribution is 6.12. The lowest BCUT2D eigenvalue weighted by molar-refractivity contribution is 0.0675. The van der Waals surface area contributed by atoms with Gasteiger partial charge in [0.05, 0.1) is 51.1 Å². The van der Waals surface area contributed by atoms with Crippen molar-refractivity contribution in [3.05, 3.63) is 142 Å². The van der Waals surface area contributed by atoms with Crippen molar-refractivity contribution in [2.24, 2.45) is 20.5 Å². The summed E-state index contributed by atoms with van der Waals surface area (Å²) in [4.78, 5) is 131. The summed E-state index contributed by atoms with van der Waals surface area (Å²) in [6.07, 6.45) is 0.584. The summed E-state index contributed by atoms with van der Waals surface area (Å²) in [6, 6.07) is 8.80. The number of nitrogens with one attached hydrogen (secondary N) is 2. The topological polar surface area (TPSA) is 444 Å². The lowest BCUT2D eigenvalue weighted by Crippen LogP contribution is -2.38. The van der Waals surface area contributed by atoms with Crippen LogP contribution in [0.3, 0.4) is 0 Å². The van der Waals surface area contributed by atoms with Crippen LogP contribution in [-0.4, -0.2) is 104 Å². The molecule has 0 aliphatic carbocycles. The number of carbonyl (C=O) groups excluding carboxylic acids is 2. The summed E-state index contributed by atoms with van der Waals surface area (Å²) in [6.45, 7) is 11.8. The third-order valence-corrected chi connectivity index (χ3v) is 12.3. The number of benzene rings is 3. The number of amides is 2. The minimum absolute atomic E-state index is 0.101. The van der Waals surface area contributed by atoms with Crippen molar-refractivity contribution in [3.63, 3.8) is 0 Å². The van der Waals surface area contributed by atoms with Gasteiger partial charge < -0.3 is 51.5 Å². The van der Waals surface area contributed by atoms with Crippen LogP contribution in [0.15, 0.2) is 78.6 Å². The van der Waals surface area contributed by atoms with Crippen LogP contribution in [-0.2, 0) is 6.54 Å². The van der Waals surface area contributed by atoms with Crippen molar-refractivity contribution >= 4 is 76.1 Å². The van der Waals surface area contributed by atoms with Crippen LogP contribution in [0.2, 0.25) is 0 Å². The van der Waals surface area contributed by atoms with Gasteiger partial charge in [-0.1, -0.05) is 32.6 Å². The number of carbonyl (C=O) groups is 8. The Balaban J connectivity index is 1.38. The summed E-state index contributed by atoms with van der Waals surface area (Å²) in [5, 5.41) is 111. The zero-order valence-electron chi connectivity index (χ0n) is 42.5. The smallest absolute Gasteiger partial charge is 0.337 e. The van der Waals surface area contributed by atoms with Crippen molar-refractivity contribution < 1.29 is 79.2 Å². The van der Waals surface area contributed by atoms with Gasteiger partial charge in [-0.2, -0.15) is 5.26 Å². The van der Waals surface area contributed by atoms with Crippen LogP contribution in [0, 0.1) is 31.8 Å². The standard InChI is InChI=1S/C52H48N10O18/c1-5-6-9-12-37(62-45(67)38(54-4)25(3)40(46(62)68)60-58-36-20-27(48(71)72)14-16-29(36)50(75)76)56-42(64)31-21-30(32(51(77)78)22-33(31)52(79)80)41(63)55-17-10-7-8-11-18-61-43(65)34(23-53)24(2)39(44(61)66)59-57-35-19-26(47(69)70)13-15-28(35)49(73)74/h13-16,19-22,37,65,67H,5-12,17-18H2,1-3H3,(H,55,63)(H,56,64)(H,69,70)(H,71,72)(H,73,74)(H,75,76)(H,77,78)(H,79,80).